The average molecular weight is 422 g/mol. The van der Waals surface area contributed by atoms with Crippen LogP contribution < -0.4 is 10.0 Å². The van der Waals surface area contributed by atoms with Crippen molar-refractivity contribution in [3.8, 4) is 0 Å². The maximum absolute atomic E-state index is 12.7. The van der Waals surface area contributed by atoms with Crippen molar-refractivity contribution in [1.82, 2.24) is 9.97 Å². The number of nitrogens with zero attached hydrogens (tertiary/aromatic N) is 2. The van der Waals surface area contributed by atoms with Crippen LogP contribution in [0.5, 0.6) is 0 Å². The zero-order valence-electron chi connectivity index (χ0n) is 14.9. The van der Waals surface area contributed by atoms with Crippen LogP contribution in [-0.4, -0.2) is 18.4 Å². The molecule has 0 bridgehead atoms. The van der Waals surface area contributed by atoms with Crippen molar-refractivity contribution in [2.45, 2.75) is 4.90 Å². The molecule has 0 saturated carbocycles. The van der Waals surface area contributed by atoms with Gasteiger partial charge in [0.1, 0.15) is 5.52 Å². The normalized spacial score (nSPS) is 11.7. The van der Waals surface area contributed by atoms with Crippen molar-refractivity contribution >= 4 is 59.5 Å². The Morgan fingerprint density at radius 2 is 1.55 bits per heavy atom. The highest BCUT2D eigenvalue weighted by Crippen LogP contribution is 2.28. The quantitative estimate of drug-likeness (QED) is 0.414. The number of hydrogen-bond donors (Lipinski definition) is 2. The lowest BCUT2D eigenvalue weighted by molar-refractivity contribution is 0.601. The summed E-state index contributed by atoms with van der Waals surface area (Å²) < 4.78 is 34.4. The monoisotopic (exact) mass is 422 g/mol. The van der Waals surface area contributed by atoms with Gasteiger partial charge in [0.25, 0.3) is 16.0 Å². The van der Waals surface area contributed by atoms with E-state index in [9.17, 15) is 8.42 Å². The molecule has 0 aliphatic rings. The van der Waals surface area contributed by atoms with Gasteiger partial charge >= 0.3 is 0 Å². The summed E-state index contributed by atoms with van der Waals surface area (Å²) in [4.78, 5) is 8.79. The van der Waals surface area contributed by atoms with Gasteiger partial charge in [0, 0.05) is 5.69 Å². The molecule has 0 fully saturated rings. The first kappa shape index (κ1) is 17.7. The number of nitrogens with one attached hydrogen (secondary N) is 2. The summed E-state index contributed by atoms with van der Waals surface area (Å²) in [6.07, 6.45) is 0. The highest BCUT2D eigenvalue weighted by Gasteiger charge is 2.17. The summed E-state index contributed by atoms with van der Waals surface area (Å²) in [7, 11) is -3.74. The van der Waals surface area contributed by atoms with Gasteiger partial charge in [0.2, 0.25) is 0 Å². The molecule has 2 heterocycles. The Balaban J connectivity index is 1.35. The molecule has 2 N–H and O–H groups in total. The van der Waals surface area contributed by atoms with E-state index in [1.807, 2.05) is 48.5 Å². The SMILES string of the molecule is O=S(=O)(Nc1nc2ccccc2s1)c1ccc(Nc2nc3ccccc3o2)cc1. The Morgan fingerprint density at radius 1 is 0.828 bits per heavy atom. The topological polar surface area (TPSA) is 97.1 Å². The number of para-hydroxylation sites is 3. The zero-order valence-corrected chi connectivity index (χ0v) is 16.5. The van der Waals surface area contributed by atoms with Crippen LogP contribution in [0, 0.1) is 0 Å². The predicted octanol–water partition coefficient (Wildman–Crippen LogP) is 4.98. The third-order valence-electron chi connectivity index (χ3n) is 4.23. The molecular formula is C20H14N4O3S2. The summed E-state index contributed by atoms with van der Waals surface area (Å²) in [5.74, 6) is 0. The number of hydrogen-bond acceptors (Lipinski definition) is 7. The first-order valence-corrected chi connectivity index (χ1v) is 11.0. The zero-order chi connectivity index (χ0) is 19.8. The van der Waals surface area contributed by atoms with Crippen molar-refractivity contribution in [3.05, 3.63) is 72.8 Å². The Kier molecular flexibility index (Phi) is 4.18. The van der Waals surface area contributed by atoms with Gasteiger partial charge in [0.15, 0.2) is 10.7 Å². The smallest absolute Gasteiger partial charge is 0.300 e. The van der Waals surface area contributed by atoms with Crippen molar-refractivity contribution in [2.75, 3.05) is 10.0 Å². The molecule has 0 aliphatic heterocycles. The second-order valence-corrected chi connectivity index (χ2v) is 8.94. The Bertz CT molecular complexity index is 1360. The molecule has 9 heteroatoms. The first-order valence-electron chi connectivity index (χ1n) is 8.68. The van der Waals surface area contributed by atoms with Crippen LogP contribution in [0.1, 0.15) is 0 Å². The Morgan fingerprint density at radius 3 is 2.31 bits per heavy atom. The van der Waals surface area contributed by atoms with Gasteiger partial charge in [-0.15, -0.1) is 0 Å². The number of fused-ring (bicyclic) bond motifs is 2. The predicted molar refractivity (Wildman–Crippen MR) is 114 cm³/mol. The molecule has 0 spiro atoms. The number of rotatable bonds is 5. The van der Waals surface area contributed by atoms with E-state index in [4.69, 9.17) is 4.42 Å². The molecule has 0 atom stereocenters. The molecule has 29 heavy (non-hydrogen) atoms. The van der Waals surface area contributed by atoms with Crippen molar-refractivity contribution in [2.24, 2.45) is 0 Å². The van der Waals surface area contributed by atoms with Crippen molar-refractivity contribution in [3.63, 3.8) is 0 Å². The van der Waals surface area contributed by atoms with E-state index in [-0.39, 0.29) is 4.90 Å². The van der Waals surface area contributed by atoms with Crippen LogP contribution >= 0.6 is 11.3 Å². The molecule has 5 rings (SSSR count). The molecule has 5 aromatic rings. The summed E-state index contributed by atoms with van der Waals surface area (Å²) >= 11 is 1.29. The van der Waals surface area contributed by atoms with Gasteiger partial charge in [-0.3, -0.25) is 4.72 Å². The van der Waals surface area contributed by atoms with Crippen LogP contribution in [0.4, 0.5) is 16.8 Å². The minimum absolute atomic E-state index is 0.139. The lowest BCUT2D eigenvalue weighted by atomic mass is 10.3. The number of sulfonamides is 1. The van der Waals surface area contributed by atoms with Crippen LogP contribution in [-0.2, 0) is 10.0 Å². The highest BCUT2D eigenvalue weighted by molar-refractivity contribution is 7.93. The second kappa shape index (κ2) is 6.87. The maximum atomic E-state index is 12.7. The van der Waals surface area contributed by atoms with Crippen LogP contribution in [0.2, 0.25) is 0 Å². The molecule has 144 valence electrons. The molecule has 0 radical (unpaired) electrons. The van der Waals surface area contributed by atoms with Gasteiger partial charge in [-0.2, -0.15) is 4.98 Å². The van der Waals surface area contributed by atoms with Gasteiger partial charge in [-0.05, 0) is 48.5 Å². The van der Waals surface area contributed by atoms with E-state index in [2.05, 4.69) is 20.0 Å². The van der Waals surface area contributed by atoms with E-state index >= 15 is 0 Å². The van der Waals surface area contributed by atoms with E-state index in [0.29, 0.717) is 22.4 Å². The maximum Gasteiger partial charge on any atom is 0.300 e. The summed E-state index contributed by atoms with van der Waals surface area (Å²) in [5.41, 5.74) is 2.84. The summed E-state index contributed by atoms with van der Waals surface area (Å²) in [6.45, 7) is 0. The molecule has 0 aliphatic carbocycles. The first-order chi connectivity index (χ1) is 14.1. The highest BCUT2D eigenvalue weighted by atomic mass is 32.2. The second-order valence-electron chi connectivity index (χ2n) is 6.23. The fraction of sp³-hybridized carbons (Fsp3) is 0. The largest absolute Gasteiger partial charge is 0.423 e. The van der Waals surface area contributed by atoms with E-state index in [0.717, 1.165) is 15.7 Å². The van der Waals surface area contributed by atoms with Gasteiger partial charge in [0.05, 0.1) is 15.1 Å². The van der Waals surface area contributed by atoms with Crippen LogP contribution in [0.25, 0.3) is 21.3 Å². The number of oxazole rings is 1. The van der Waals surface area contributed by atoms with Crippen LogP contribution in [0.3, 0.4) is 0 Å². The molecular weight excluding hydrogens is 408 g/mol. The average Bonchev–Trinajstić information content (AvgIpc) is 3.30. The number of benzene rings is 3. The van der Waals surface area contributed by atoms with Crippen LogP contribution in [0.15, 0.2) is 82.1 Å². The summed E-state index contributed by atoms with van der Waals surface area (Å²) in [5, 5.41) is 3.37. The lowest BCUT2D eigenvalue weighted by Gasteiger charge is -2.06. The number of anilines is 3. The van der Waals surface area contributed by atoms with E-state index in [1.54, 1.807) is 12.1 Å². The number of aromatic nitrogens is 2. The third kappa shape index (κ3) is 3.53. The van der Waals surface area contributed by atoms with Crippen molar-refractivity contribution < 1.29 is 12.8 Å². The number of thiazole rings is 1. The molecule has 0 amide bonds. The molecule has 0 unspecified atom stereocenters. The van der Waals surface area contributed by atoms with E-state index < -0.39 is 10.0 Å². The van der Waals surface area contributed by atoms with Gasteiger partial charge in [-0.25, -0.2) is 13.4 Å². The minimum atomic E-state index is -3.74. The fourth-order valence-electron chi connectivity index (χ4n) is 2.86. The van der Waals surface area contributed by atoms with Gasteiger partial charge < -0.3 is 9.73 Å². The minimum Gasteiger partial charge on any atom is -0.423 e. The Labute approximate surface area is 170 Å². The third-order valence-corrected chi connectivity index (χ3v) is 6.66. The standard InChI is InChI=1S/C20H14N4O3S2/c25-29(26,24-20-23-16-6-2-4-8-18(16)28-20)14-11-9-13(10-12-14)21-19-22-15-5-1-3-7-17(15)27-19/h1-12H,(H,21,22)(H,23,24). The molecule has 7 nitrogen and oxygen atoms in total. The van der Waals surface area contributed by atoms with E-state index in [1.165, 1.54) is 23.5 Å². The fourth-order valence-corrected chi connectivity index (χ4v) is 4.96. The molecule has 0 saturated heterocycles. The molecule has 2 aromatic heterocycles. The Hall–Kier alpha value is -3.43. The van der Waals surface area contributed by atoms with Gasteiger partial charge in [-0.1, -0.05) is 35.6 Å². The summed E-state index contributed by atoms with van der Waals surface area (Å²) in [6, 6.07) is 21.6. The lowest BCUT2D eigenvalue weighted by Crippen LogP contribution is -2.12. The van der Waals surface area contributed by atoms with Crippen molar-refractivity contribution in [1.29, 1.82) is 0 Å². The molecule has 3 aromatic carbocycles.